The third kappa shape index (κ3) is 4.31. The first-order chi connectivity index (χ1) is 11.8. The normalized spacial score (nSPS) is 15.2. The zero-order chi connectivity index (χ0) is 16.8. The van der Waals surface area contributed by atoms with Crippen LogP contribution in [-0.4, -0.2) is 28.7 Å². The molecule has 2 aromatic rings. The zero-order valence-corrected chi connectivity index (χ0v) is 15.0. The summed E-state index contributed by atoms with van der Waals surface area (Å²) in [5.41, 5.74) is 9.17. The number of aryl methyl sites for hydroxylation is 1. The first-order valence-corrected chi connectivity index (χ1v) is 9.55. The highest BCUT2D eigenvalue weighted by atomic mass is 31.1. The summed E-state index contributed by atoms with van der Waals surface area (Å²) in [5.74, 6) is 1.80. The number of aromatic nitrogens is 2. The fourth-order valence-electron chi connectivity index (χ4n) is 2.70. The van der Waals surface area contributed by atoms with Crippen LogP contribution in [0.15, 0.2) is 46.8 Å². The lowest BCUT2D eigenvalue weighted by Crippen LogP contribution is -2.15. The minimum absolute atomic E-state index is 0.747. The zero-order valence-electron chi connectivity index (χ0n) is 14.0. The van der Waals surface area contributed by atoms with Gasteiger partial charge in [0.25, 0.3) is 0 Å². The largest absolute Gasteiger partial charge is 0.330 e. The van der Waals surface area contributed by atoms with Gasteiger partial charge in [0.15, 0.2) is 5.82 Å². The molecule has 2 heterocycles. The monoisotopic (exact) mass is 341 g/mol. The number of hydrogen-bond donors (Lipinski definition) is 3. The van der Waals surface area contributed by atoms with Gasteiger partial charge in [-0.25, -0.2) is 4.99 Å². The topological polar surface area (TPSA) is 79.1 Å². The summed E-state index contributed by atoms with van der Waals surface area (Å²) in [5, 5.41) is 12.2. The number of benzene rings is 1. The van der Waals surface area contributed by atoms with Crippen LogP contribution in [-0.2, 0) is 6.42 Å². The average molecular weight is 341 g/mol. The van der Waals surface area contributed by atoms with Gasteiger partial charge in [-0.3, -0.25) is 5.10 Å². The summed E-state index contributed by atoms with van der Waals surface area (Å²) in [4.78, 5) is 4.44. The predicted octanol–water partition coefficient (Wildman–Crippen LogP) is 3.72. The fourth-order valence-corrected chi connectivity index (χ4v) is 3.48. The van der Waals surface area contributed by atoms with E-state index >= 15 is 0 Å². The van der Waals surface area contributed by atoms with E-state index in [0.717, 1.165) is 57.9 Å². The van der Waals surface area contributed by atoms with Gasteiger partial charge in [0.2, 0.25) is 0 Å². The molecule has 24 heavy (non-hydrogen) atoms. The molecule has 0 spiro atoms. The van der Waals surface area contributed by atoms with Gasteiger partial charge in [-0.1, -0.05) is 32.8 Å². The van der Waals surface area contributed by atoms with Crippen molar-refractivity contribution in [1.29, 1.82) is 0 Å². The Morgan fingerprint density at radius 1 is 1.29 bits per heavy atom. The number of anilines is 1. The summed E-state index contributed by atoms with van der Waals surface area (Å²) in [7, 11) is 0.804. The second-order valence-corrected chi connectivity index (χ2v) is 7.43. The molecular weight excluding hydrogens is 317 g/mol. The van der Waals surface area contributed by atoms with Crippen molar-refractivity contribution >= 4 is 20.2 Å². The molecule has 3 rings (SSSR count). The van der Waals surface area contributed by atoms with Crippen molar-refractivity contribution < 1.29 is 0 Å². The van der Waals surface area contributed by atoms with Crippen molar-refractivity contribution in [2.75, 3.05) is 18.0 Å². The maximum Gasteiger partial charge on any atom is 0.153 e. The van der Waals surface area contributed by atoms with Gasteiger partial charge in [-0.15, -0.1) is 0 Å². The number of H-pyrrole nitrogens is 1. The van der Waals surface area contributed by atoms with Crippen molar-refractivity contribution in [3.8, 4) is 11.3 Å². The van der Waals surface area contributed by atoms with Crippen LogP contribution in [0.1, 0.15) is 25.3 Å². The predicted molar refractivity (Wildman–Crippen MR) is 104 cm³/mol. The molecule has 0 radical (unpaired) electrons. The van der Waals surface area contributed by atoms with Gasteiger partial charge in [-0.2, -0.15) is 5.10 Å². The average Bonchev–Trinajstić information content (AvgIpc) is 3.06. The highest BCUT2D eigenvalue weighted by Crippen LogP contribution is 2.28. The van der Waals surface area contributed by atoms with Gasteiger partial charge in [-0.05, 0) is 43.6 Å². The van der Waals surface area contributed by atoms with Crippen LogP contribution in [0.5, 0.6) is 0 Å². The standard InChI is InChI=1S/C18H24N5P/c1-13-11-20-18(12-24-13)21-17-10-16(22-23-17)15-8-3-2-6-14(15)7-4-5-9-19/h2-3,6,8,10-11,24H,4-5,7,9,12,19H2,1H3,(H2,20,21,22,23). The molecule has 1 atom stereocenters. The molecule has 4 N–H and O–H groups in total. The van der Waals surface area contributed by atoms with Crippen LogP contribution in [0.2, 0.25) is 0 Å². The Hall–Kier alpha value is -1.97. The minimum atomic E-state index is 0.747. The van der Waals surface area contributed by atoms with E-state index in [1.54, 1.807) is 0 Å². The second-order valence-electron chi connectivity index (χ2n) is 5.94. The number of aliphatic imine (C=N–C) groups is 1. The Labute approximate surface area is 144 Å². The molecule has 1 aromatic heterocycles. The Morgan fingerprint density at radius 2 is 2.17 bits per heavy atom. The molecule has 1 aliphatic rings. The molecular formula is C18H24N5P. The molecule has 0 aliphatic carbocycles. The van der Waals surface area contributed by atoms with E-state index in [0.29, 0.717) is 0 Å². The Kier molecular flexibility index (Phi) is 5.78. The number of allylic oxidation sites excluding steroid dienone is 1. The number of nitrogens with zero attached hydrogens (tertiary/aromatic N) is 2. The van der Waals surface area contributed by atoms with Gasteiger partial charge in [0.05, 0.1) is 5.69 Å². The van der Waals surface area contributed by atoms with Crippen LogP contribution in [0.3, 0.4) is 0 Å². The lowest BCUT2D eigenvalue weighted by atomic mass is 10.00. The smallest absolute Gasteiger partial charge is 0.153 e. The van der Waals surface area contributed by atoms with Crippen molar-refractivity contribution in [1.82, 2.24) is 10.2 Å². The molecule has 1 aromatic carbocycles. The number of aromatic amines is 1. The SMILES string of the molecule is CC1=CN=C(Nc2cc(-c3ccccc3CCCCN)[nH]n2)CP1. The first kappa shape index (κ1) is 16.9. The van der Waals surface area contributed by atoms with E-state index in [4.69, 9.17) is 5.73 Å². The van der Waals surface area contributed by atoms with E-state index < -0.39 is 0 Å². The van der Waals surface area contributed by atoms with Crippen molar-refractivity contribution in [2.24, 2.45) is 10.7 Å². The molecule has 5 nitrogen and oxygen atoms in total. The lowest BCUT2D eigenvalue weighted by Gasteiger charge is -2.11. The van der Waals surface area contributed by atoms with Gasteiger partial charge < -0.3 is 11.1 Å². The molecule has 1 unspecified atom stereocenters. The minimum Gasteiger partial charge on any atom is -0.330 e. The number of hydrogen-bond acceptors (Lipinski definition) is 4. The van der Waals surface area contributed by atoms with E-state index in [2.05, 4.69) is 57.8 Å². The Bertz CT molecular complexity index is 747. The fraction of sp³-hybridized carbons (Fsp3) is 0.333. The summed E-state index contributed by atoms with van der Waals surface area (Å²) >= 11 is 0. The Balaban J connectivity index is 1.74. The quantitative estimate of drug-likeness (QED) is 0.553. The van der Waals surface area contributed by atoms with Crippen LogP contribution >= 0.6 is 8.58 Å². The summed E-state index contributed by atoms with van der Waals surface area (Å²) in [6.45, 7) is 2.87. The van der Waals surface area contributed by atoms with Gasteiger partial charge in [0.1, 0.15) is 5.84 Å². The third-order valence-electron chi connectivity index (χ3n) is 4.01. The number of nitrogens with one attached hydrogen (secondary N) is 2. The maximum atomic E-state index is 5.60. The van der Waals surface area contributed by atoms with Crippen molar-refractivity contribution in [3.05, 3.63) is 47.4 Å². The van der Waals surface area contributed by atoms with Crippen molar-refractivity contribution in [3.63, 3.8) is 0 Å². The highest BCUT2D eigenvalue weighted by molar-refractivity contribution is 7.44. The first-order valence-electron chi connectivity index (χ1n) is 8.34. The third-order valence-corrected chi connectivity index (χ3v) is 5.21. The molecule has 0 amide bonds. The van der Waals surface area contributed by atoms with Crippen molar-refractivity contribution in [2.45, 2.75) is 26.2 Å². The lowest BCUT2D eigenvalue weighted by molar-refractivity contribution is 0.745. The van der Waals surface area contributed by atoms with E-state index in [-0.39, 0.29) is 0 Å². The van der Waals surface area contributed by atoms with E-state index in [1.807, 2.05) is 6.20 Å². The molecule has 0 bridgehead atoms. The van der Waals surface area contributed by atoms with Crippen LogP contribution in [0, 0.1) is 0 Å². The second kappa shape index (κ2) is 8.22. The van der Waals surface area contributed by atoms with Gasteiger partial charge in [0, 0.05) is 24.0 Å². The summed E-state index contributed by atoms with van der Waals surface area (Å²) < 4.78 is 0. The maximum absolute atomic E-state index is 5.60. The molecule has 1 aliphatic heterocycles. The summed E-state index contributed by atoms with van der Waals surface area (Å²) in [6, 6.07) is 10.5. The molecule has 0 fully saturated rings. The number of amidine groups is 1. The van der Waals surface area contributed by atoms with E-state index in [9.17, 15) is 0 Å². The molecule has 126 valence electrons. The molecule has 0 saturated carbocycles. The number of rotatable bonds is 6. The highest BCUT2D eigenvalue weighted by Gasteiger charge is 2.10. The van der Waals surface area contributed by atoms with Crippen LogP contribution < -0.4 is 11.1 Å². The summed E-state index contributed by atoms with van der Waals surface area (Å²) in [6.07, 6.45) is 6.09. The van der Waals surface area contributed by atoms with Crippen LogP contribution in [0.4, 0.5) is 5.82 Å². The van der Waals surface area contributed by atoms with Gasteiger partial charge >= 0.3 is 0 Å². The number of unbranched alkanes of at least 4 members (excludes halogenated alkanes) is 1. The number of nitrogens with two attached hydrogens (primary N) is 1. The Morgan fingerprint density at radius 3 is 2.96 bits per heavy atom. The van der Waals surface area contributed by atoms with E-state index in [1.165, 1.54) is 16.4 Å². The molecule has 0 saturated heterocycles. The molecule has 6 heteroatoms. The van der Waals surface area contributed by atoms with Crippen LogP contribution in [0.25, 0.3) is 11.3 Å².